The fourth-order valence-electron chi connectivity index (χ4n) is 3.69. The summed E-state index contributed by atoms with van der Waals surface area (Å²) in [4.78, 5) is 25.9. The molecule has 5 nitrogen and oxygen atoms in total. The Labute approximate surface area is 156 Å². The molecule has 3 heterocycles. The Morgan fingerprint density at radius 3 is 2.88 bits per heavy atom. The molecule has 1 aliphatic heterocycles. The van der Waals surface area contributed by atoms with Crippen LogP contribution in [0.2, 0.25) is 0 Å². The lowest BCUT2D eigenvalue weighted by molar-refractivity contribution is 0.0756. The Balaban J connectivity index is 1.62. The van der Waals surface area contributed by atoms with E-state index in [4.69, 9.17) is 0 Å². The van der Waals surface area contributed by atoms with E-state index in [1.54, 1.807) is 6.20 Å². The highest BCUT2D eigenvalue weighted by Gasteiger charge is 2.24. The van der Waals surface area contributed by atoms with Crippen LogP contribution in [0, 0.1) is 0 Å². The number of aryl methyl sites for hydroxylation is 1. The van der Waals surface area contributed by atoms with Gasteiger partial charge in [-0.25, -0.2) is 0 Å². The minimum Gasteiger partial charge on any atom is -0.339 e. The summed E-state index contributed by atoms with van der Waals surface area (Å²) >= 11 is 0. The maximum absolute atomic E-state index is 13.0. The molecule has 0 bridgehead atoms. The van der Waals surface area contributed by atoms with Gasteiger partial charge in [-0.3, -0.25) is 19.7 Å². The van der Waals surface area contributed by atoms with Gasteiger partial charge in [0.1, 0.15) is 0 Å². The van der Waals surface area contributed by atoms with E-state index in [1.165, 1.54) is 0 Å². The van der Waals surface area contributed by atoms with Crippen molar-refractivity contribution in [2.24, 2.45) is 0 Å². The number of rotatable bonds is 5. The van der Waals surface area contributed by atoms with Crippen LogP contribution in [-0.2, 0) is 13.0 Å². The molecule has 0 aliphatic carbocycles. The van der Waals surface area contributed by atoms with Gasteiger partial charge >= 0.3 is 0 Å². The third kappa shape index (κ3) is 4.47. The van der Waals surface area contributed by atoms with Crippen LogP contribution in [0.1, 0.15) is 47.8 Å². The maximum Gasteiger partial charge on any atom is 0.254 e. The van der Waals surface area contributed by atoms with Gasteiger partial charge in [0.2, 0.25) is 0 Å². The van der Waals surface area contributed by atoms with Gasteiger partial charge in [0.25, 0.3) is 5.91 Å². The van der Waals surface area contributed by atoms with Crippen molar-refractivity contribution in [2.45, 2.75) is 45.2 Å². The van der Waals surface area contributed by atoms with E-state index in [2.05, 4.69) is 34.9 Å². The molecular weight excluding hydrogens is 324 g/mol. The first-order chi connectivity index (χ1) is 12.7. The Morgan fingerprint density at radius 1 is 1.23 bits per heavy atom. The highest BCUT2D eigenvalue weighted by Crippen LogP contribution is 2.20. The predicted octanol–water partition coefficient (Wildman–Crippen LogP) is 3.17. The van der Waals surface area contributed by atoms with Crippen molar-refractivity contribution < 1.29 is 4.79 Å². The highest BCUT2D eigenvalue weighted by molar-refractivity contribution is 5.95. The van der Waals surface area contributed by atoms with Crippen LogP contribution in [0.3, 0.4) is 0 Å². The second kappa shape index (κ2) is 8.90. The summed E-state index contributed by atoms with van der Waals surface area (Å²) in [6, 6.07) is 8.39. The second-order valence-corrected chi connectivity index (χ2v) is 7.00. The molecule has 5 heteroatoms. The number of hydrogen-bond acceptors (Lipinski definition) is 4. The fraction of sp³-hybridized carbons (Fsp3) is 0.476. The lowest BCUT2D eigenvalue weighted by Crippen LogP contribution is -2.35. The quantitative estimate of drug-likeness (QED) is 0.829. The molecule has 0 spiro atoms. The van der Waals surface area contributed by atoms with Gasteiger partial charge in [0, 0.05) is 49.8 Å². The Hall–Kier alpha value is -2.27. The summed E-state index contributed by atoms with van der Waals surface area (Å²) in [5.41, 5.74) is 2.94. The molecule has 0 N–H and O–H groups in total. The zero-order valence-corrected chi connectivity index (χ0v) is 15.8. The van der Waals surface area contributed by atoms with Gasteiger partial charge in [-0.05, 0) is 56.5 Å². The first-order valence-electron chi connectivity index (χ1n) is 9.51. The van der Waals surface area contributed by atoms with Gasteiger partial charge in [0.05, 0.1) is 5.69 Å². The topological polar surface area (TPSA) is 49.3 Å². The number of aromatic nitrogens is 2. The van der Waals surface area contributed by atoms with E-state index >= 15 is 0 Å². The van der Waals surface area contributed by atoms with E-state index < -0.39 is 0 Å². The summed E-state index contributed by atoms with van der Waals surface area (Å²) in [6.07, 6.45) is 9.36. The molecule has 1 aliphatic rings. The maximum atomic E-state index is 13.0. The first-order valence-corrected chi connectivity index (χ1v) is 9.51. The Morgan fingerprint density at radius 2 is 2.12 bits per heavy atom. The monoisotopic (exact) mass is 352 g/mol. The Kier molecular flexibility index (Phi) is 6.34. The Bertz CT molecular complexity index is 719. The van der Waals surface area contributed by atoms with Crippen LogP contribution in [0.25, 0.3) is 0 Å². The van der Waals surface area contributed by atoms with Crippen molar-refractivity contribution in [3.63, 3.8) is 0 Å². The second-order valence-electron chi connectivity index (χ2n) is 7.00. The lowest BCUT2D eigenvalue weighted by Gasteiger charge is -2.27. The minimum atomic E-state index is 0.150. The molecule has 26 heavy (non-hydrogen) atoms. The van der Waals surface area contributed by atoms with Gasteiger partial charge in [0.15, 0.2) is 0 Å². The summed E-state index contributed by atoms with van der Waals surface area (Å²) in [5, 5.41) is 0. The number of likely N-dealkylation sites (tertiary alicyclic amines) is 1. The smallest absolute Gasteiger partial charge is 0.254 e. The van der Waals surface area contributed by atoms with Crippen LogP contribution in [0.5, 0.6) is 0 Å². The van der Waals surface area contributed by atoms with E-state index in [9.17, 15) is 4.79 Å². The molecule has 3 rings (SSSR count). The van der Waals surface area contributed by atoms with E-state index in [0.29, 0.717) is 6.04 Å². The molecule has 0 unspecified atom stereocenters. The third-order valence-corrected chi connectivity index (χ3v) is 5.26. The number of carbonyl (C=O) groups is 1. The molecule has 0 radical (unpaired) electrons. The minimum absolute atomic E-state index is 0.150. The number of pyridine rings is 2. The first kappa shape index (κ1) is 18.5. The molecule has 1 saturated heterocycles. The number of carbonyl (C=O) groups excluding carboxylic acids is 1. The predicted molar refractivity (Wildman–Crippen MR) is 103 cm³/mol. The van der Waals surface area contributed by atoms with Crippen LogP contribution in [-0.4, -0.2) is 51.9 Å². The summed E-state index contributed by atoms with van der Waals surface area (Å²) in [5.74, 6) is 0.150. The van der Waals surface area contributed by atoms with Gasteiger partial charge in [-0.15, -0.1) is 0 Å². The normalized spacial score (nSPS) is 18.0. The van der Waals surface area contributed by atoms with Crippen molar-refractivity contribution in [3.8, 4) is 0 Å². The molecule has 2 aromatic rings. The molecule has 2 aromatic heterocycles. The van der Waals surface area contributed by atoms with Crippen LogP contribution >= 0.6 is 0 Å². The SMILES string of the molecule is CCc1cnccc1C(=O)N1CCC[C@@H](N(C)Cc2ccccn2)CC1. The summed E-state index contributed by atoms with van der Waals surface area (Å²) in [7, 11) is 2.16. The molecule has 1 atom stereocenters. The van der Waals surface area contributed by atoms with E-state index in [1.807, 2.05) is 35.5 Å². The van der Waals surface area contributed by atoms with Crippen molar-refractivity contribution >= 4 is 5.91 Å². The molecular formula is C21H28N4O. The van der Waals surface area contributed by atoms with Gasteiger partial charge in [-0.1, -0.05) is 13.0 Å². The lowest BCUT2D eigenvalue weighted by atomic mass is 10.1. The van der Waals surface area contributed by atoms with Crippen LogP contribution < -0.4 is 0 Å². The van der Waals surface area contributed by atoms with E-state index in [0.717, 1.165) is 62.1 Å². The number of amides is 1. The van der Waals surface area contributed by atoms with Gasteiger partial charge < -0.3 is 4.90 Å². The number of hydrogen-bond donors (Lipinski definition) is 0. The van der Waals surface area contributed by atoms with Crippen LogP contribution in [0.15, 0.2) is 42.9 Å². The molecule has 1 fully saturated rings. The average molecular weight is 352 g/mol. The van der Waals surface area contributed by atoms with Crippen LogP contribution in [0.4, 0.5) is 0 Å². The van der Waals surface area contributed by atoms with Crippen molar-refractivity contribution in [1.29, 1.82) is 0 Å². The fourth-order valence-corrected chi connectivity index (χ4v) is 3.69. The summed E-state index contributed by atoms with van der Waals surface area (Å²) < 4.78 is 0. The molecule has 0 aromatic carbocycles. The number of nitrogens with zero attached hydrogens (tertiary/aromatic N) is 4. The zero-order valence-electron chi connectivity index (χ0n) is 15.8. The standard InChI is InChI=1S/C21H28N4O/c1-3-17-15-22-12-9-20(17)21(26)25-13-6-8-19(10-14-25)24(2)16-18-7-4-5-11-23-18/h4-5,7,9,11-12,15,19H,3,6,8,10,13-14,16H2,1-2H3/t19-/m1/s1. The van der Waals surface area contributed by atoms with Crippen molar-refractivity contribution in [1.82, 2.24) is 19.8 Å². The average Bonchev–Trinajstić information content (AvgIpc) is 2.94. The largest absolute Gasteiger partial charge is 0.339 e. The van der Waals surface area contributed by atoms with E-state index in [-0.39, 0.29) is 5.91 Å². The summed E-state index contributed by atoms with van der Waals surface area (Å²) in [6.45, 7) is 4.56. The van der Waals surface area contributed by atoms with Crippen molar-refractivity contribution in [2.75, 3.05) is 20.1 Å². The highest BCUT2D eigenvalue weighted by atomic mass is 16.2. The third-order valence-electron chi connectivity index (χ3n) is 5.26. The van der Waals surface area contributed by atoms with Gasteiger partial charge in [-0.2, -0.15) is 0 Å². The molecule has 0 saturated carbocycles. The molecule has 1 amide bonds. The zero-order chi connectivity index (χ0) is 18.4. The van der Waals surface area contributed by atoms with Crippen molar-refractivity contribution in [3.05, 3.63) is 59.7 Å². The molecule has 138 valence electrons.